The van der Waals surface area contributed by atoms with E-state index in [1.54, 1.807) is 0 Å². The number of thiophene rings is 1. The van der Waals surface area contributed by atoms with E-state index in [9.17, 15) is 0 Å². The molecular weight excluding hydrogens is 744 g/mol. The van der Waals surface area contributed by atoms with Gasteiger partial charge in [-0.1, -0.05) is 109 Å². The first-order valence-electron chi connectivity index (χ1n) is 22.0. The predicted molar refractivity (Wildman–Crippen MR) is 258 cm³/mol. The van der Waals surface area contributed by atoms with Crippen molar-refractivity contribution in [2.75, 3.05) is 9.80 Å². The van der Waals surface area contributed by atoms with Gasteiger partial charge in [0.15, 0.2) is 0 Å². The first-order chi connectivity index (χ1) is 29.8. The molecule has 0 atom stereocenters. The topological polar surface area (TPSA) is 6.48 Å². The van der Waals surface area contributed by atoms with Gasteiger partial charge >= 0.3 is 0 Å². The molecule has 0 N–H and O–H groups in total. The van der Waals surface area contributed by atoms with Crippen LogP contribution in [0.15, 0.2) is 164 Å². The van der Waals surface area contributed by atoms with Gasteiger partial charge < -0.3 is 9.80 Å². The quantitative estimate of drug-likeness (QED) is 0.164. The second-order valence-electron chi connectivity index (χ2n) is 17.3. The van der Waals surface area contributed by atoms with E-state index in [4.69, 9.17) is 0 Å². The summed E-state index contributed by atoms with van der Waals surface area (Å²) < 4.78 is 2.74. The summed E-state index contributed by atoms with van der Waals surface area (Å²) in [5.41, 5.74) is 23.0. The molecule has 2 aliphatic heterocycles. The number of hydrogen-bond donors (Lipinski definition) is 0. The zero-order valence-corrected chi connectivity index (χ0v) is 34.4. The van der Waals surface area contributed by atoms with Crippen LogP contribution in [0, 0.1) is 0 Å². The summed E-state index contributed by atoms with van der Waals surface area (Å²) in [7, 11) is 0. The molecule has 3 heterocycles. The highest BCUT2D eigenvalue weighted by atomic mass is 32.1. The van der Waals surface area contributed by atoms with Gasteiger partial charge in [0.25, 0.3) is 6.71 Å². The molecule has 1 aromatic heterocycles. The van der Waals surface area contributed by atoms with Crippen molar-refractivity contribution < 1.29 is 0 Å². The van der Waals surface area contributed by atoms with Gasteiger partial charge in [0, 0.05) is 48.7 Å². The van der Waals surface area contributed by atoms with Gasteiger partial charge in [-0.25, -0.2) is 0 Å². The smallest absolute Gasteiger partial charge is 0.254 e. The van der Waals surface area contributed by atoms with E-state index in [1.165, 1.54) is 141 Å². The van der Waals surface area contributed by atoms with Crippen molar-refractivity contribution >= 4 is 88.7 Å². The first-order valence-corrected chi connectivity index (χ1v) is 22.8. The molecule has 4 aliphatic rings. The maximum atomic E-state index is 2.67. The molecule has 8 aromatic carbocycles. The molecule has 0 amide bonds. The average molecular weight is 787 g/mol. The van der Waals surface area contributed by atoms with Crippen molar-refractivity contribution in [2.24, 2.45) is 0 Å². The van der Waals surface area contributed by atoms with E-state index in [1.807, 2.05) is 11.3 Å². The zero-order chi connectivity index (χ0) is 39.3. The lowest BCUT2D eigenvalue weighted by Crippen LogP contribution is -2.61. The molecule has 13 rings (SSSR count). The van der Waals surface area contributed by atoms with Crippen molar-refractivity contribution in [1.29, 1.82) is 0 Å². The third-order valence-electron chi connectivity index (χ3n) is 14.0. The molecule has 0 spiro atoms. The summed E-state index contributed by atoms with van der Waals surface area (Å²) in [6.45, 7) is 0.0577. The highest BCUT2D eigenvalue weighted by molar-refractivity contribution is 7.28. The molecule has 0 unspecified atom stereocenters. The molecule has 0 fully saturated rings. The molecule has 0 saturated carbocycles. The molecule has 9 aromatic rings. The number of benzene rings is 8. The Balaban J connectivity index is 1.15. The lowest BCUT2D eigenvalue weighted by molar-refractivity contribution is 0.686. The molecule has 4 heteroatoms. The first kappa shape index (κ1) is 34.5. The Morgan fingerprint density at radius 3 is 1.52 bits per heavy atom. The second-order valence-corrected chi connectivity index (χ2v) is 18.3. The highest BCUT2D eigenvalue weighted by Crippen LogP contribution is 2.51. The number of nitrogens with zero attached hydrogens (tertiary/aromatic N) is 2. The van der Waals surface area contributed by atoms with Gasteiger partial charge in [0.1, 0.15) is 0 Å². The van der Waals surface area contributed by atoms with E-state index in [0.29, 0.717) is 0 Å². The van der Waals surface area contributed by atoms with Crippen LogP contribution in [-0.4, -0.2) is 6.71 Å². The molecule has 60 heavy (non-hydrogen) atoms. The molecule has 286 valence electrons. The Morgan fingerprint density at radius 2 is 0.883 bits per heavy atom. The van der Waals surface area contributed by atoms with Crippen LogP contribution in [0.1, 0.15) is 47.9 Å². The number of aryl methyl sites for hydroxylation is 4. The number of anilines is 6. The van der Waals surface area contributed by atoms with Gasteiger partial charge in [-0.15, -0.1) is 11.3 Å². The van der Waals surface area contributed by atoms with Crippen molar-refractivity contribution in [3.8, 4) is 22.3 Å². The minimum absolute atomic E-state index is 0.0577. The Hall–Kier alpha value is -6.36. The normalized spacial score (nSPS) is 15.0. The molecule has 0 bridgehead atoms. The van der Waals surface area contributed by atoms with E-state index in [0.717, 1.165) is 25.7 Å². The maximum Gasteiger partial charge on any atom is 0.254 e. The summed E-state index contributed by atoms with van der Waals surface area (Å²) in [5.74, 6) is 0. The number of rotatable bonds is 4. The summed E-state index contributed by atoms with van der Waals surface area (Å²) in [4.78, 5) is 5.31. The minimum atomic E-state index is 0.0577. The van der Waals surface area contributed by atoms with Crippen LogP contribution >= 0.6 is 11.3 Å². The van der Waals surface area contributed by atoms with E-state index < -0.39 is 0 Å². The van der Waals surface area contributed by atoms with Gasteiger partial charge in [-0.05, 0) is 161 Å². The lowest BCUT2D eigenvalue weighted by atomic mass is 9.33. The summed E-state index contributed by atoms with van der Waals surface area (Å²) >= 11 is 1.97. The van der Waals surface area contributed by atoms with Crippen LogP contribution in [0.4, 0.5) is 34.1 Å². The Morgan fingerprint density at radius 1 is 0.383 bits per heavy atom. The molecular formula is C56H43BN2S. The van der Waals surface area contributed by atoms with Crippen molar-refractivity contribution in [3.63, 3.8) is 0 Å². The van der Waals surface area contributed by atoms with Gasteiger partial charge in [0.05, 0.1) is 11.4 Å². The third-order valence-corrected chi connectivity index (χ3v) is 15.2. The van der Waals surface area contributed by atoms with Crippen molar-refractivity contribution in [2.45, 2.75) is 51.4 Å². The van der Waals surface area contributed by atoms with Crippen molar-refractivity contribution in [3.05, 3.63) is 186 Å². The maximum absolute atomic E-state index is 2.67. The fourth-order valence-electron chi connectivity index (χ4n) is 11.3. The molecule has 0 radical (unpaired) electrons. The van der Waals surface area contributed by atoms with Crippen LogP contribution in [0.5, 0.6) is 0 Å². The summed E-state index contributed by atoms with van der Waals surface area (Å²) in [5, 5.41) is 2.70. The van der Waals surface area contributed by atoms with Crippen LogP contribution < -0.4 is 26.2 Å². The molecule has 2 aliphatic carbocycles. The second kappa shape index (κ2) is 13.6. The lowest BCUT2D eigenvalue weighted by Gasteiger charge is -2.45. The van der Waals surface area contributed by atoms with E-state index in [2.05, 4.69) is 174 Å². The standard InChI is InChI=1S/C56H43BN2S/c1-3-16-36(17-4-1)44-32-38-20-7-9-22-40(38)34-51(44)58-47-26-13-12-25-46(47)57-54-48(58)27-15-28-49(54)59(50-31-30-43-42-24-11-14-29-53(42)60-56(43)55(50)57)52-35-41-23-10-8-21-39(41)33-45(52)37-18-5-2-6-19-37/h1-6,11-19,24-35H,7-10,20-23H2. The van der Waals surface area contributed by atoms with Crippen LogP contribution in [0.25, 0.3) is 42.4 Å². The van der Waals surface area contributed by atoms with Gasteiger partial charge in [-0.2, -0.15) is 0 Å². The number of para-hydroxylation sites is 1. The highest BCUT2D eigenvalue weighted by Gasteiger charge is 2.45. The fourth-order valence-corrected chi connectivity index (χ4v) is 12.6. The average Bonchev–Trinajstić information content (AvgIpc) is 3.70. The monoisotopic (exact) mass is 786 g/mol. The SMILES string of the molecule is c1ccc(-c2cc3c(cc2N2c4ccccc4B4c5c2cccc5N(c2cc5c(cc2-c2ccccc2)CCCC5)c2ccc5c(sc6ccccc65)c24)CCCC3)cc1. The van der Waals surface area contributed by atoms with Gasteiger partial charge in [-0.3, -0.25) is 0 Å². The summed E-state index contributed by atoms with van der Waals surface area (Å²) in [6, 6.07) is 62.8. The van der Waals surface area contributed by atoms with E-state index >= 15 is 0 Å². The Labute approximate surface area is 356 Å². The Bertz CT molecular complexity index is 3170. The molecule has 0 saturated heterocycles. The van der Waals surface area contributed by atoms with Crippen LogP contribution in [-0.2, 0) is 25.7 Å². The molecule has 2 nitrogen and oxygen atoms in total. The third kappa shape index (κ3) is 5.13. The van der Waals surface area contributed by atoms with E-state index in [-0.39, 0.29) is 6.71 Å². The predicted octanol–water partition coefficient (Wildman–Crippen LogP) is 13.2. The zero-order valence-electron chi connectivity index (χ0n) is 33.6. The fraction of sp³-hybridized carbons (Fsp3) is 0.143. The van der Waals surface area contributed by atoms with Gasteiger partial charge in [0.2, 0.25) is 0 Å². The van der Waals surface area contributed by atoms with Crippen LogP contribution in [0.2, 0.25) is 0 Å². The minimum Gasteiger partial charge on any atom is -0.311 e. The summed E-state index contributed by atoms with van der Waals surface area (Å²) in [6.07, 6.45) is 9.57. The van der Waals surface area contributed by atoms with Crippen molar-refractivity contribution in [1.82, 2.24) is 0 Å². The Kier molecular flexibility index (Phi) is 7.81. The largest absolute Gasteiger partial charge is 0.311 e. The number of hydrogen-bond acceptors (Lipinski definition) is 3. The number of fused-ring (bicyclic) bond motifs is 10. The van der Waals surface area contributed by atoms with Crippen LogP contribution in [0.3, 0.4) is 0 Å².